The van der Waals surface area contributed by atoms with Crippen molar-refractivity contribution in [2.45, 2.75) is 24.2 Å². The third-order valence-electron chi connectivity index (χ3n) is 4.63. The molecule has 7 nitrogen and oxygen atoms in total. The van der Waals surface area contributed by atoms with Crippen molar-refractivity contribution in [3.8, 4) is 5.75 Å². The summed E-state index contributed by atoms with van der Waals surface area (Å²) in [7, 11) is -1.53. The number of hydrogen-bond acceptors (Lipinski definition) is 6. The van der Waals surface area contributed by atoms with Gasteiger partial charge in [-0.25, -0.2) is 8.42 Å². The molecular formula is C18H29ClN2O5S. The zero-order chi connectivity index (χ0) is 19.0. The van der Waals surface area contributed by atoms with E-state index in [0.29, 0.717) is 18.9 Å². The Balaban J connectivity index is 0.00000364. The van der Waals surface area contributed by atoms with Gasteiger partial charge in [-0.15, -0.1) is 12.4 Å². The Labute approximate surface area is 167 Å². The van der Waals surface area contributed by atoms with Crippen LogP contribution in [-0.4, -0.2) is 60.5 Å². The molecule has 1 amide bonds. The van der Waals surface area contributed by atoms with Crippen LogP contribution in [0, 0.1) is 5.41 Å². The highest BCUT2D eigenvalue weighted by Crippen LogP contribution is 2.28. The first-order chi connectivity index (χ1) is 12.3. The number of carbonyl (C=O) groups excluding carboxylic acids is 1. The topological polar surface area (TPSA) is 93.7 Å². The van der Waals surface area contributed by atoms with Crippen molar-refractivity contribution in [3.63, 3.8) is 0 Å². The van der Waals surface area contributed by atoms with Crippen molar-refractivity contribution < 1.29 is 22.7 Å². The van der Waals surface area contributed by atoms with Gasteiger partial charge in [0, 0.05) is 25.3 Å². The summed E-state index contributed by atoms with van der Waals surface area (Å²) < 4.78 is 33.7. The molecule has 154 valence electrons. The Kier molecular flexibility index (Phi) is 9.52. The zero-order valence-corrected chi connectivity index (χ0v) is 17.5. The predicted octanol–water partition coefficient (Wildman–Crippen LogP) is 1.41. The number of hydrogen-bond donors (Lipinski definition) is 2. The third-order valence-corrected chi connectivity index (χ3v) is 5.75. The molecule has 0 atom stereocenters. The highest BCUT2D eigenvalue weighted by atomic mass is 35.5. The van der Waals surface area contributed by atoms with Gasteiger partial charge < -0.3 is 20.1 Å². The summed E-state index contributed by atoms with van der Waals surface area (Å²) >= 11 is 0. The van der Waals surface area contributed by atoms with Gasteiger partial charge in [0.05, 0.1) is 24.5 Å². The Bertz CT molecular complexity index is 683. The third kappa shape index (κ3) is 7.65. The van der Waals surface area contributed by atoms with E-state index in [1.807, 2.05) is 0 Å². The Hall–Kier alpha value is -1.35. The molecule has 0 saturated carbocycles. The van der Waals surface area contributed by atoms with Crippen molar-refractivity contribution in [1.29, 1.82) is 0 Å². The molecule has 0 bridgehead atoms. The second-order valence-electron chi connectivity index (χ2n) is 6.80. The monoisotopic (exact) mass is 420 g/mol. The first-order valence-electron chi connectivity index (χ1n) is 8.74. The molecule has 1 aliphatic heterocycles. The number of benzene rings is 1. The van der Waals surface area contributed by atoms with Crippen LogP contribution in [0.4, 0.5) is 0 Å². The summed E-state index contributed by atoms with van der Waals surface area (Å²) in [6.07, 6.45) is 3.36. The van der Waals surface area contributed by atoms with Crippen LogP contribution in [0.5, 0.6) is 5.75 Å². The van der Waals surface area contributed by atoms with Crippen molar-refractivity contribution in [1.82, 2.24) is 10.6 Å². The van der Waals surface area contributed by atoms with E-state index in [-0.39, 0.29) is 41.7 Å². The SMILES string of the molecule is COCC1(CNC(=O)CCOc2ccc(S(C)(=O)=O)cc2)CCNCC1.Cl. The molecule has 9 heteroatoms. The number of ether oxygens (including phenoxy) is 2. The molecule has 0 unspecified atom stereocenters. The van der Waals surface area contributed by atoms with Crippen molar-refractivity contribution in [2.24, 2.45) is 5.41 Å². The Morgan fingerprint density at radius 2 is 1.85 bits per heavy atom. The average Bonchev–Trinajstić information content (AvgIpc) is 2.61. The highest BCUT2D eigenvalue weighted by Gasteiger charge is 2.32. The van der Waals surface area contributed by atoms with Gasteiger partial charge in [0.15, 0.2) is 9.84 Å². The van der Waals surface area contributed by atoms with E-state index < -0.39 is 9.84 Å². The van der Waals surface area contributed by atoms with Crippen LogP contribution in [0.2, 0.25) is 0 Å². The maximum atomic E-state index is 12.1. The van der Waals surface area contributed by atoms with Crippen LogP contribution in [0.15, 0.2) is 29.2 Å². The van der Waals surface area contributed by atoms with Gasteiger partial charge in [-0.05, 0) is 50.2 Å². The lowest BCUT2D eigenvalue weighted by molar-refractivity contribution is -0.122. The minimum atomic E-state index is -3.22. The van der Waals surface area contributed by atoms with Crippen LogP contribution in [0.25, 0.3) is 0 Å². The number of nitrogens with one attached hydrogen (secondary N) is 2. The summed E-state index contributed by atoms with van der Waals surface area (Å²) in [5, 5.41) is 6.31. The molecule has 1 aliphatic rings. The lowest BCUT2D eigenvalue weighted by Gasteiger charge is -2.37. The van der Waals surface area contributed by atoms with E-state index in [9.17, 15) is 13.2 Å². The maximum absolute atomic E-state index is 12.1. The highest BCUT2D eigenvalue weighted by molar-refractivity contribution is 7.90. The summed E-state index contributed by atoms with van der Waals surface area (Å²) in [6.45, 7) is 3.35. The van der Waals surface area contributed by atoms with Gasteiger partial charge in [0.1, 0.15) is 5.75 Å². The lowest BCUT2D eigenvalue weighted by Crippen LogP contribution is -2.47. The molecule has 0 spiro atoms. The Morgan fingerprint density at radius 1 is 1.22 bits per heavy atom. The fourth-order valence-electron chi connectivity index (χ4n) is 3.05. The molecule has 1 fully saturated rings. The number of sulfone groups is 1. The van der Waals surface area contributed by atoms with E-state index in [0.717, 1.165) is 32.2 Å². The summed E-state index contributed by atoms with van der Waals surface area (Å²) in [4.78, 5) is 12.3. The van der Waals surface area contributed by atoms with Crippen LogP contribution in [0.3, 0.4) is 0 Å². The van der Waals surface area contributed by atoms with Crippen molar-refractivity contribution in [2.75, 3.05) is 46.2 Å². The molecule has 2 rings (SSSR count). The summed E-state index contributed by atoms with van der Waals surface area (Å²) in [5.41, 5.74) is -0.00199. The maximum Gasteiger partial charge on any atom is 0.223 e. The van der Waals surface area contributed by atoms with E-state index in [2.05, 4.69) is 10.6 Å². The molecule has 0 radical (unpaired) electrons. The smallest absolute Gasteiger partial charge is 0.223 e. The quantitative estimate of drug-likeness (QED) is 0.627. The number of piperidine rings is 1. The van der Waals surface area contributed by atoms with Gasteiger partial charge >= 0.3 is 0 Å². The Morgan fingerprint density at radius 3 is 2.41 bits per heavy atom. The van der Waals surface area contributed by atoms with E-state index in [4.69, 9.17) is 9.47 Å². The normalized spacial score (nSPS) is 16.2. The minimum absolute atomic E-state index is 0. The molecule has 1 aromatic rings. The van der Waals surface area contributed by atoms with Gasteiger partial charge in [-0.2, -0.15) is 0 Å². The number of carbonyl (C=O) groups is 1. The van der Waals surface area contributed by atoms with Gasteiger partial charge in [-0.3, -0.25) is 4.79 Å². The van der Waals surface area contributed by atoms with Crippen LogP contribution in [0.1, 0.15) is 19.3 Å². The first-order valence-corrected chi connectivity index (χ1v) is 10.6. The second kappa shape index (κ2) is 10.8. The number of amides is 1. The molecule has 1 aromatic carbocycles. The first kappa shape index (κ1) is 23.7. The van der Waals surface area contributed by atoms with Crippen LogP contribution < -0.4 is 15.4 Å². The fraction of sp³-hybridized carbons (Fsp3) is 0.611. The van der Waals surface area contributed by atoms with Crippen LogP contribution in [-0.2, 0) is 19.4 Å². The molecule has 0 aromatic heterocycles. The van der Waals surface area contributed by atoms with Crippen molar-refractivity contribution in [3.05, 3.63) is 24.3 Å². The van der Waals surface area contributed by atoms with Crippen molar-refractivity contribution >= 4 is 28.2 Å². The zero-order valence-electron chi connectivity index (χ0n) is 15.8. The minimum Gasteiger partial charge on any atom is -0.493 e. The van der Waals surface area contributed by atoms with E-state index >= 15 is 0 Å². The van der Waals surface area contributed by atoms with E-state index in [1.54, 1.807) is 19.2 Å². The second-order valence-corrected chi connectivity index (χ2v) is 8.82. The average molecular weight is 421 g/mol. The summed E-state index contributed by atoms with van der Waals surface area (Å²) in [5.74, 6) is 0.478. The summed E-state index contributed by atoms with van der Waals surface area (Å²) in [6, 6.07) is 6.18. The molecule has 2 N–H and O–H groups in total. The standard InChI is InChI=1S/C18H28N2O5S.ClH/c1-24-14-18(8-10-19-11-9-18)13-20-17(21)7-12-25-15-3-5-16(6-4-15)26(2,22)23;/h3-6,19H,7-14H2,1-2H3,(H,20,21);1H. The molecule has 0 aliphatic carbocycles. The van der Waals surface area contributed by atoms with Crippen LogP contribution >= 0.6 is 12.4 Å². The number of rotatable bonds is 9. The van der Waals surface area contributed by atoms with Gasteiger partial charge in [0.25, 0.3) is 0 Å². The largest absolute Gasteiger partial charge is 0.493 e. The van der Waals surface area contributed by atoms with Gasteiger partial charge in [-0.1, -0.05) is 0 Å². The molecule has 1 heterocycles. The van der Waals surface area contributed by atoms with Gasteiger partial charge in [0.2, 0.25) is 5.91 Å². The number of halogens is 1. The van der Waals surface area contributed by atoms with E-state index in [1.165, 1.54) is 12.1 Å². The lowest BCUT2D eigenvalue weighted by atomic mass is 9.79. The fourth-order valence-corrected chi connectivity index (χ4v) is 3.69. The molecule has 1 saturated heterocycles. The molecule has 27 heavy (non-hydrogen) atoms. The predicted molar refractivity (Wildman–Crippen MR) is 106 cm³/mol. The number of methoxy groups -OCH3 is 1. The molecular weight excluding hydrogens is 392 g/mol.